The van der Waals surface area contributed by atoms with Gasteiger partial charge < -0.3 is 15.2 Å². The van der Waals surface area contributed by atoms with Crippen LogP contribution in [0.1, 0.15) is 37.8 Å². The Bertz CT molecular complexity index is 1250. The lowest BCUT2D eigenvalue weighted by Crippen LogP contribution is -2.49. The van der Waals surface area contributed by atoms with E-state index in [2.05, 4.69) is 37.3 Å². The summed E-state index contributed by atoms with van der Waals surface area (Å²) in [6.07, 6.45) is 8.45. The molecule has 1 atom stereocenters. The molecule has 3 N–H and O–H groups in total. The number of aromatic nitrogens is 3. The van der Waals surface area contributed by atoms with Crippen molar-refractivity contribution in [2.24, 2.45) is 5.92 Å². The molecule has 1 saturated carbocycles. The van der Waals surface area contributed by atoms with Crippen molar-refractivity contribution in [1.29, 1.82) is 0 Å². The molecule has 0 amide bonds. The van der Waals surface area contributed by atoms with Crippen molar-refractivity contribution >= 4 is 26.9 Å². The zero-order chi connectivity index (χ0) is 22.5. The fraction of sp³-hybridized carbons (Fsp3) is 0.478. The Morgan fingerprint density at radius 3 is 2.75 bits per heavy atom. The van der Waals surface area contributed by atoms with Crippen molar-refractivity contribution < 1.29 is 8.42 Å². The van der Waals surface area contributed by atoms with E-state index >= 15 is 0 Å². The average Bonchev–Trinajstić information content (AvgIpc) is 3.10. The average molecular weight is 455 g/mol. The molecule has 1 aliphatic carbocycles. The van der Waals surface area contributed by atoms with Crippen molar-refractivity contribution in [3.63, 3.8) is 0 Å². The molecule has 2 aliphatic rings. The van der Waals surface area contributed by atoms with E-state index in [1.54, 1.807) is 0 Å². The van der Waals surface area contributed by atoms with E-state index in [9.17, 15) is 8.42 Å². The third-order valence-corrected chi connectivity index (χ3v) is 7.64. The van der Waals surface area contributed by atoms with Gasteiger partial charge in [0.1, 0.15) is 17.8 Å². The molecule has 0 bridgehead atoms. The van der Waals surface area contributed by atoms with Crippen molar-refractivity contribution in [3.05, 3.63) is 42.4 Å². The maximum absolute atomic E-state index is 11.5. The first-order valence-electron chi connectivity index (χ1n) is 11.2. The topological polar surface area (TPSA) is 106 Å². The van der Waals surface area contributed by atoms with Crippen LogP contribution in [-0.4, -0.2) is 53.2 Å². The molecule has 9 heteroatoms. The molecule has 2 aromatic heterocycles. The molecular weight excluding hydrogens is 424 g/mol. The minimum Gasteiger partial charge on any atom is -0.383 e. The zero-order valence-electron chi connectivity index (χ0n) is 18.5. The summed E-state index contributed by atoms with van der Waals surface area (Å²) in [4.78, 5) is 11.4. The number of fused-ring (bicyclic) bond motifs is 1. The van der Waals surface area contributed by atoms with Crippen molar-refractivity contribution in [3.8, 4) is 11.1 Å². The lowest BCUT2D eigenvalue weighted by Gasteiger charge is -2.45. The first kappa shape index (κ1) is 21.4. The minimum absolute atomic E-state index is 0.247. The third-order valence-electron chi connectivity index (χ3n) is 6.97. The Balaban J connectivity index is 1.42. The number of nitrogens with one attached hydrogen (secondary N) is 1. The minimum atomic E-state index is -3.26. The van der Waals surface area contributed by atoms with Gasteiger partial charge >= 0.3 is 0 Å². The van der Waals surface area contributed by atoms with Crippen molar-refractivity contribution in [2.75, 3.05) is 25.1 Å². The van der Waals surface area contributed by atoms with E-state index in [1.807, 2.05) is 24.3 Å². The van der Waals surface area contributed by atoms with Crippen LogP contribution in [0.15, 0.2) is 36.8 Å². The second-order valence-corrected chi connectivity index (χ2v) is 11.2. The van der Waals surface area contributed by atoms with Gasteiger partial charge in [0.25, 0.3) is 0 Å². The van der Waals surface area contributed by atoms with Gasteiger partial charge in [0.15, 0.2) is 0 Å². The molecule has 170 valence electrons. The fourth-order valence-corrected chi connectivity index (χ4v) is 5.35. The van der Waals surface area contributed by atoms with E-state index < -0.39 is 10.0 Å². The molecule has 3 heterocycles. The van der Waals surface area contributed by atoms with Crippen LogP contribution in [0.5, 0.6) is 0 Å². The van der Waals surface area contributed by atoms with Gasteiger partial charge in [0, 0.05) is 36.9 Å². The molecule has 1 aliphatic heterocycles. The third kappa shape index (κ3) is 4.12. The summed E-state index contributed by atoms with van der Waals surface area (Å²) in [5, 5.41) is 0.862. The summed E-state index contributed by atoms with van der Waals surface area (Å²) < 4.78 is 27.8. The Morgan fingerprint density at radius 1 is 1.25 bits per heavy atom. The quantitative estimate of drug-likeness (QED) is 0.569. The predicted molar refractivity (Wildman–Crippen MR) is 126 cm³/mol. The number of nitrogens with two attached hydrogens (primary N) is 1. The highest BCUT2D eigenvalue weighted by Gasteiger charge is 2.36. The van der Waals surface area contributed by atoms with Gasteiger partial charge in [-0.3, -0.25) is 0 Å². The summed E-state index contributed by atoms with van der Waals surface area (Å²) in [7, 11) is -3.26. The van der Waals surface area contributed by atoms with Gasteiger partial charge in [-0.15, -0.1) is 0 Å². The Morgan fingerprint density at radius 2 is 2.06 bits per heavy atom. The smallest absolute Gasteiger partial charge is 0.209 e. The second-order valence-electron chi connectivity index (χ2n) is 9.33. The van der Waals surface area contributed by atoms with Crippen LogP contribution >= 0.6 is 0 Å². The molecule has 3 aromatic rings. The second kappa shape index (κ2) is 8.13. The van der Waals surface area contributed by atoms with Gasteiger partial charge in [-0.1, -0.05) is 18.2 Å². The Hall–Kier alpha value is -2.49. The highest BCUT2D eigenvalue weighted by atomic mass is 32.2. The predicted octanol–water partition coefficient (Wildman–Crippen LogP) is 2.78. The normalized spacial score (nSPS) is 23.8. The van der Waals surface area contributed by atoms with Gasteiger partial charge in [-0.05, 0) is 55.8 Å². The van der Waals surface area contributed by atoms with E-state index in [1.165, 1.54) is 25.8 Å². The molecule has 0 spiro atoms. The van der Waals surface area contributed by atoms with Gasteiger partial charge in [0.2, 0.25) is 10.0 Å². The summed E-state index contributed by atoms with van der Waals surface area (Å²) in [5.74, 6) is 1.20. The Labute approximate surface area is 188 Å². The number of nitrogen functional groups attached to an aromatic ring is 1. The number of hydrogen-bond acceptors (Lipinski definition) is 6. The van der Waals surface area contributed by atoms with Gasteiger partial charge in [-0.25, -0.2) is 23.1 Å². The number of anilines is 1. The summed E-state index contributed by atoms with van der Waals surface area (Å²) in [6, 6.07) is 9.00. The molecule has 8 nitrogen and oxygen atoms in total. The molecule has 1 saturated heterocycles. The monoisotopic (exact) mass is 454 g/mol. The van der Waals surface area contributed by atoms with Gasteiger partial charge in [0.05, 0.1) is 11.6 Å². The first-order valence-corrected chi connectivity index (χ1v) is 13.1. The molecule has 32 heavy (non-hydrogen) atoms. The molecular formula is C23H30N6O2S. The molecule has 5 rings (SSSR count). The first-order chi connectivity index (χ1) is 15.3. The van der Waals surface area contributed by atoms with Crippen LogP contribution in [0.25, 0.3) is 22.2 Å². The molecule has 2 fully saturated rings. The lowest BCUT2D eigenvalue weighted by atomic mass is 9.79. The Kier molecular flexibility index (Phi) is 5.43. The van der Waals surface area contributed by atoms with Crippen LogP contribution in [-0.2, 0) is 16.6 Å². The number of likely N-dealkylation sites (tertiary alicyclic amines) is 1. The fourth-order valence-electron chi connectivity index (χ4n) is 4.92. The number of sulfonamides is 1. The highest BCUT2D eigenvalue weighted by molar-refractivity contribution is 7.88. The highest BCUT2D eigenvalue weighted by Crippen LogP contribution is 2.43. The molecule has 1 aromatic carbocycles. The zero-order valence-corrected chi connectivity index (χ0v) is 19.3. The van der Waals surface area contributed by atoms with Crippen LogP contribution in [0.4, 0.5) is 5.82 Å². The van der Waals surface area contributed by atoms with Crippen LogP contribution < -0.4 is 10.5 Å². The van der Waals surface area contributed by atoms with Crippen LogP contribution in [0.2, 0.25) is 0 Å². The summed E-state index contributed by atoms with van der Waals surface area (Å²) >= 11 is 0. The van der Waals surface area contributed by atoms with Crippen molar-refractivity contribution in [1.82, 2.24) is 24.2 Å². The maximum Gasteiger partial charge on any atom is 0.209 e. The molecule has 0 unspecified atom stereocenters. The van der Waals surface area contributed by atoms with E-state index in [0.717, 1.165) is 58.8 Å². The SMILES string of the molecule is C[C@@H]1CCN1CC1CC(n2cc(-c3cccc(CNS(C)(=O)=O)c3)c3c(N)ncnc32)C1. The number of nitrogens with zero attached hydrogens (tertiary/aromatic N) is 4. The summed E-state index contributed by atoms with van der Waals surface area (Å²) in [6.45, 7) is 4.98. The number of hydrogen-bond donors (Lipinski definition) is 2. The van der Waals surface area contributed by atoms with E-state index in [0.29, 0.717) is 11.9 Å². The van der Waals surface area contributed by atoms with E-state index in [4.69, 9.17) is 5.73 Å². The number of rotatable bonds is 7. The standard InChI is InChI=1S/C23H30N6O2S/c1-15-6-7-28(15)12-17-9-19(10-17)29-13-20(21-22(24)25-14-26-23(21)29)18-5-3-4-16(8-18)11-27-32(2,30)31/h3-5,8,13-15,17,19,27H,6-7,9-12H2,1-2H3,(H2,24,25,26)/t15-,17?,19?/m1/s1. The van der Waals surface area contributed by atoms with Crippen LogP contribution in [0, 0.1) is 5.92 Å². The van der Waals surface area contributed by atoms with Crippen LogP contribution in [0.3, 0.4) is 0 Å². The lowest BCUT2D eigenvalue weighted by molar-refractivity contribution is 0.0481. The number of benzene rings is 1. The molecule has 0 radical (unpaired) electrons. The van der Waals surface area contributed by atoms with Gasteiger partial charge in [-0.2, -0.15) is 0 Å². The maximum atomic E-state index is 11.5. The van der Waals surface area contributed by atoms with E-state index in [-0.39, 0.29) is 6.54 Å². The summed E-state index contributed by atoms with van der Waals surface area (Å²) in [5.41, 5.74) is 10.0. The van der Waals surface area contributed by atoms with Crippen molar-refractivity contribution in [2.45, 2.75) is 44.8 Å². The largest absolute Gasteiger partial charge is 0.383 e.